The van der Waals surface area contributed by atoms with Gasteiger partial charge in [-0.25, -0.2) is 0 Å². The molecule has 2 aromatic rings. The molecule has 0 N–H and O–H groups in total. The van der Waals surface area contributed by atoms with Crippen LogP contribution in [0, 0.1) is 10.1 Å². The molecule has 2 aliphatic heterocycles. The van der Waals surface area contributed by atoms with Crippen molar-refractivity contribution in [3.63, 3.8) is 0 Å². The summed E-state index contributed by atoms with van der Waals surface area (Å²) in [6.07, 6.45) is 2.31. The van der Waals surface area contributed by atoms with Crippen LogP contribution >= 0.6 is 0 Å². The third-order valence-electron chi connectivity index (χ3n) is 6.83. The summed E-state index contributed by atoms with van der Waals surface area (Å²) in [6.45, 7) is 5.30. The first kappa shape index (κ1) is 24.7. The number of benzene rings is 2. The van der Waals surface area contributed by atoms with Crippen LogP contribution in [0.3, 0.4) is 0 Å². The minimum atomic E-state index is -0.361. The van der Waals surface area contributed by atoms with Crippen LogP contribution < -0.4 is 4.90 Å². The van der Waals surface area contributed by atoms with E-state index in [0.717, 1.165) is 12.8 Å². The first-order valence-corrected chi connectivity index (χ1v) is 12.3. The SMILES string of the molecule is O=C(CCCc1ccccc1)N1CCN(CC(=O)N2CCN(c3ccccc3[N+](=O)[O-])CC2)CC1. The minimum absolute atomic E-state index is 0.0786. The quantitative estimate of drug-likeness (QED) is 0.427. The van der Waals surface area contributed by atoms with E-state index in [-0.39, 0.29) is 22.4 Å². The Balaban J connectivity index is 1.16. The first-order chi connectivity index (χ1) is 17.0. The van der Waals surface area contributed by atoms with Gasteiger partial charge in [0.05, 0.1) is 11.5 Å². The van der Waals surface area contributed by atoms with Gasteiger partial charge < -0.3 is 14.7 Å². The van der Waals surface area contributed by atoms with E-state index < -0.39 is 0 Å². The number of anilines is 1. The summed E-state index contributed by atoms with van der Waals surface area (Å²) in [5.41, 5.74) is 1.96. The second kappa shape index (κ2) is 11.8. The van der Waals surface area contributed by atoms with Gasteiger partial charge in [-0.3, -0.25) is 24.6 Å². The number of nitro groups is 1. The van der Waals surface area contributed by atoms with Gasteiger partial charge in [0.15, 0.2) is 0 Å². The number of aryl methyl sites for hydroxylation is 1. The molecule has 0 radical (unpaired) electrons. The average Bonchev–Trinajstić information content (AvgIpc) is 2.89. The normalized spacial score (nSPS) is 16.9. The largest absolute Gasteiger partial charge is 0.362 e. The van der Waals surface area contributed by atoms with Gasteiger partial charge >= 0.3 is 0 Å². The van der Waals surface area contributed by atoms with E-state index >= 15 is 0 Å². The lowest BCUT2D eigenvalue weighted by Gasteiger charge is -2.38. The predicted octanol–water partition coefficient (Wildman–Crippen LogP) is 2.41. The molecule has 0 spiro atoms. The molecule has 35 heavy (non-hydrogen) atoms. The van der Waals surface area contributed by atoms with Gasteiger partial charge in [0.1, 0.15) is 5.69 Å². The van der Waals surface area contributed by atoms with Gasteiger partial charge in [0, 0.05) is 64.8 Å². The number of nitro benzene ring substituents is 1. The molecule has 2 amide bonds. The topological polar surface area (TPSA) is 90.2 Å². The van der Waals surface area contributed by atoms with Crippen LogP contribution in [0.4, 0.5) is 11.4 Å². The first-order valence-electron chi connectivity index (χ1n) is 12.3. The summed E-state index contributed by atoms with van der Waals surface area (Å²) in [5.74, 6) is 0.271. The fourth-order valence-corrected chi connectivity index (χ4v) is 4.78. The van der Waals surface area contributed by atoms with E-state index in [0.29, 0.717) is 71.0 Å². The summed E-state index contributed by atoms with van der Waals surface area (Å²) in [4.78, 5) is 44.2. The standard InChI is InChI=1S/C26H33N5O4/c32-25(12-6-9-22-7-2-1-3-8-22)29-15-13-27(14-16-29)21-26(33)30-19-17-28(18-20-30)23-10-4-5-11-24(23)31(34)35/h1-5,7-8,10-11H,6,9,12-21H2. The maximum Gasteiger partial charge on any atom is 0.292 e. The highest BCUT2D eigenvalue weighted by Crippen LogP contribution is 2.28. The van der Waals surface area contributed by atoms with Gasteiger partial charge in [-0.05, 0) is 24.5 Å². The van der Waals surface area contributed by atoms with Gasteiger partial charge in [0.25, 0.3) is 5.69 Å². The Morgan fingerprint density at radius 1 is 0.771 bits per heavy atom. The molecule has 0 atom stereocenters. The highest BCUT2D eigenvalue weighted by molar-refractivity contribution is 5.79. The Morgan fingerprint density at radius 3 is 2.06 bits per heavy atom. The number of carbonyl (C=O) groups excluding carboxylic acids is 2. The van der Waals surface area contributed by atoms with Crippen molar-refractivity contribution in [3.05, 3.63) is 70.3 Å². The molecule has 2 heterocycles. The van der Waals surface area contributed by atoms with Gasteiger partial charge in [0.2, 0.25) is 11.8 Å². The molecule has 0 aromatic heterocycles. The van der Waals surface area contributed by atoms with Gasteiger partial charge in [-0.2, -0.15) is 0 Å². The molecule has 0 saturated carbocycles. The van der Waals surface area contributed by atoms with Gasteiger partial charge in [-0.15, -0.1) is 0 Å². The second-order valence-corrected chi connectivity index (χ2v) is 9.11. The monoisotopic (exact) mass is 479 g/mol. The zero-order valence-corrected chi connectivity index (χ0v) is 20.1. The number of piperazine rings is 2. The van der Waals surface area contributed by atoms with Crippen molar-refractivity contribution < 1.29 is 14.5 Å². The Bertz CT molecular complexity index is 1020. The predicted molar refractivity (Wildman–Crippen MR) is 134 cm³/mol. The van der Waals surface area contributed by atoms with E-state index in [4.69, 9.17) is 0 Å². The van der Waals surface area contributed by atoms with Crippen molar-refractivity contribution >= 4 is 23.2 Å². The van der Waals surface area contributed by atoms with Crippen molar-refractivity contribution in [1.29, 1.82) is 0 Å². The summed E-state index contributed by atoms with van der Waals surface area (Å²) >= 11 is 0. The van der Waals surface area contributed by atoms with E-state index in [2.05, 4.69) is 17.0 Å². The maximum absolute atomic E-state index is 12.9. The Kier molecular flexibility index (Phi) is 8.31. The third kappa shape index (κ3) is 6.57. The highest BCUT2D eigenvalue weighted by Gasteiger charge is 2.28. The molecule has 0 aliphatic carbocycles. The molecule has 2 fully saturated rings. The maximum atomic E-state index is 12.9. The number of hydrogen-bond acceptors (Lipinski definition) is 6. The zero-order chi connectivity index (χ0) is 24.6. The lowest BCUT2D eigenvalue weighted by atomic mass is 10.1. The molecule has 4 rings (SSSR count). The van der Waals surface area contributed by atoms with E-state index in [9.17, 15) is 19.7 Å². The average molecular weight is 480 g/mol. The number of para-hydroxylation sites is 2. The number of hydrogen-bond donors (Lipinski definition) is 0. The number of carbonyl (C=O) groups is 2. The summed E-state index contributed by atoms with van der Waals surface area (Å²) in [5, 5.41) is 11.3. The van der Waals surface area contributed by atoms with Crippen LogP contribution in [0.15, 0.2) is 54.6 Å². The van der Waals surface area contributed by atoms with Crippen LogP contribution in [0.2, 0.25) is 0 Å². The van der Waals surface area contributed by atoms with Crippen molar-refractivity contribution in [2.24, 2.45) is 0 Å². The van der Waals surface area contributed by atoms with Gasteiger partial charge in [-0.1, -0.05) is 42.5 Å². The molecule has 9 nitrogen and oxygen atoms in total. The molecule has 2 saturated heterocycles. The van der Waals surface area contributed by atoms with Crippen LogP contribution in [0.25, 0.3) is 0 Å². The van der Waals surface area contributed by atoms with Crippen LogP contribution in [0.1, 0.15) is 18.4 Å². The zero-order valence-electron chi connectivity index (χ0n) is 20.1. The lowest BCUT2D eigenvalue weighted by molar-refractivity contribution is -0.384. The van der Waals surface area contributed by atoms with Crippen LogP contribution in [0.5, 0.6) is 0 Å². The van der Waals surface area contributed by atoms with E-state index in [1.54, 1.807) is 18.2 Å². The van der Waals surface area contributed by atoms with E-state index in [1.165, 1.54) is 11.6 Å². The van der Waals surface area contributed by atoms with Crippen molar-refractivity contribution in [2.75, 3.05) is 63.8 Å². The number of rotatable bonds is 8. The molecule has 2 aromatic carbocycles. The molecular weight excluding hydrogens is 446 g/mol. The van der Waals surface area contributed by atoms with E-state index in [1.807, 2.05) is 32.9 Å². The van der Waals surface area contributed by atoms with Crippen LogP contribution in [-0.4, -0.2) is 90.3 Å². The minimum Gasteiger partial charge on any atom is -0.362 e. The third-order valence-corrected chi connectivity index (χ3v) is 6.83. The number of amides is 2. The van der Waals surface area contributed by atoms with Crippen molar-refractivity contribution in [2.45, 2.75) is 19.3 Å². The smallest absolute Gasteiger partial charge is 0.292 e. The lowest BCUT2D eigenvalue weighted by Crippen LogP contribution is -2.54. The Morgan fingerprint density at radius 2 is 1.37 bits per heavy atom. The highest BCUT2D eigenvalue weighted by atomic mass is 16.6. The second-order valence-electron chi connectivity index (χ2n) is 9.11. The Hall–Kier alpha value is -3.46. The van der Waals surface area contributed by atoms with Crippen LogP contribution in [-0.2, 0) is 16.0 Å². The summed E-state index contributed by atoms with van der Waals surface area (Å²) < 4.78 is 0. The van der Waals surface area contributed by atoms with Crippen molar-refractivity contribution in [3.8, 4) is 0 Å². The Labute approximate surface area is 206 Å². The molecule has 0 unspecified atom stereocenters. The molecule has 9 heteroatoms. The summed E-state index contributed by atoms with van der Waals surface area (Å²) in [6, 6.07) is 17.0. The molecule has 0 bridgehead atoms. The molecule has 2 aliphatic rings. The molecule has 186 valence electrons. The fourth-order valence-electron chi connectivity index (χ4n) is 4.78. The summed E-state index contributed by atoms with van der Waals surface area (Å²) in [7, 11) is 0. The van der Waals surface area contributed by atoms with Crippen molar-refractivity contribution in [1.82, 2.24) is 14.7 Å². The molecular formula is C26H33N5O4. The number of nitrogens with zero attached hydrogens (tertiary/aromatic N) is 5. The fraction of sp³-hybridized carbons (Fsp3) is 0.462.